The Balaban J connectivity index is 0.000000168. The summed E-state index contributed by atoms with van der Waals surface area (Å²) in [5.74, 6) is 1.79. The van der Waals surface area contributed by atoms with Crippen molar-refractivity contribution in [2.75, 3.05) is 21.8 Å². The van der Waals surface area contributed by atoms with Crippen molar-refractivity contribution in [2.45, 2.75) is 92.6 Å². The van der Waals surface area contributed by atoms with Crippen LogP contribution in [0, 0.1) is 39.8 Å². The van der Waals surface area contributed by atoms with Crippen molar-refractivity contribution in [1.29, 1.82) is 0 Å². The number of fused-ring (bicyclic) bond motifs is 5. The van der Waals surface area contributed by atoms with Crippen LogP contribution in [-0.4, -0.2) is 94.6 Å². The van der Waals surface area contributed by atoms with Gasteiger partial charge in [0.2, 0.25) is 11.8 Å². The molecule has 0 amide bonds. The van der Waals surface area contributed by atoms with E-state index in [1.807, 2.05) is 113 Å². The molecule has 0 spiro atoms. The van der Waals surface area contributed by atoms with Gasteiger partial charge in [-0.2, -0.15) is 0 Å². The Hall–Kier alpha value is -14.4. The Labute approximate surface area is 838 Å². The van der Waals surface area contributed by atoms with E-state index in [1.165, 1.54) is 54.5 Å². The number of ether oxygens (including phenoxy) is 1. The Morgan fingerprint density at radius 3 is 1.08 bits per heavy atom. The van der Waals surface area contributed by atoms with Crippen LogP contribution in [0.2, 0.25) is 0 Å². The number of anilines is 9. The first-order valence-corrected chi connectivity index (χ1v) is 45.5. The number of aliphatic hydroxyl groups excluding tert-OH is 4. The summed E-state index contributed by atoms with van der Waals surface area (Å²) < 4.78 is 16.2. The van der Waals surface area contributed by atoms with E-state index in [-0.39, 0.29) is 64.6 Å². The quantitative estimate of drug-likeness (QED) is 0.0318. The second kappa shape index (κ2) is 51.0. The molecule has 0 fully saturated rings. The number of aryl methyl sites for hydroxylation is 4. The summed E-state index contributed by atoms with van der Waals surface area (Å²) in [5.41, 5.74) is 25.1. The molecule has 16 aromatic carbocycles. The molecule has 20 aromatic rings. The predicted octanol–water partition coefficient (Wildman–Crippen LogP) is 28.4. The smallest absolute Gasteiger partial charge is 0.265 e. The van der Waals surface area contributed by atoms with Gasteiger partial charge in [0.25, 0.3) is 7.98 Å². The first-order chi connectivity index (χ1) is 66.3. The summed E-state index contributed by atoms with van der Waals surface area (Å²) >= 11 is 0. The summed E-state index contributed by atoms with van der Waals surface area (Å²) in [6, 6.07) is 143. The maximum atomic E-state index is 8.56. The van der Waals surface area contributed by atoms with Crippen molar-refractivity contribution in [3.8, 4) is 68.0 Å². The number of benzene rings is 16. The molecule has 4 heterocycles. The Morgan fingerprint density at radius 1 is 0.370 bits per heavy atom. The summed E-state index contributed by atoms with van der Waals surface area (Å²) in [7, 11) is 8.61. The minimum absolute atomic E-state index is 0. The third kappa shape index (κ3) is 26.9. The van der Waals surface area contributed by atoms with Gasteiger partial charge in [0.1, 0.15) is 0 Å². The first-order valence-electron chi connectivity index (χ1n) is 45.0. The summed E-state index contributed by atoms with van der Waals surface area (Å²) in [6.07, 6.45) is 2.99. The van der Waals surface area contributed by atoms with Crippen LogP contribution < -0.4 is 19.4 Å². The maximum absolute atomic E-state index is 8.56. The Kier molecular flexibility index (Phi) is 37.9. The molecule has 0 saturated carbocycles. The normalized spacial score (nSPS) is 11.4. The van der Waals surface area contributed by atoms with E-state index in [4.69, 9.17) is 29.6 Å². The van der Waals surface area contributed by atoms with Gasteiger partial charge in [-0.1, -0.05) is 206 Å². The van der Waals surface area contributed by atoms with E-state index in [0.29, 0.717) is 24.6 Å². The van der Waals surface area contributed by atoms with Gasteiger partial charge in [0, 0.05) is 159 Å². The number of hydrogen-bond acceptors (Lipinski definition) is 16. The van der Waals surface area contributed by atoms with Crippen LogP contribution in [0.4, 0.5) is 51.2 Å². The molecule has 0 bridgehead atoms. The minimum atomic E-state index is -0.375. The van der Waals surface area contributed by atoms with Crippen LogP contribution in [-0.2, 0) is 40.2 Å². The number of methoxy groups -OCH3 is 1. The van der Waals surface area contributed by atoms with Crippen LogP contribution in [0.25, 0.3) is 106 Å². The third-order valence-electron chi connectivity index (χ3n) is 22.1. The van der Waals surface area contributed by atoms with E-state index >= 15 is 0 Å². The van der Waals surface area contributed by atoms with Crippen molar-refractivity contribution in [1.82, 2.24) is 34.7 Å². The van der Waals surface area contributed by atoms with Crippen LogP contribution in [0.3, 0.4) is 0 Å². The van der Waals surface area contributed by atoms with Gasteiger partial charge in [-0.05, 0) is 245 Å². The summed E-state index contributed by atoms with van der Waals surface area (Å²) in [5, 5.41) is 50.2. The van der Waals surface area contributed by atoms with Gasteiger partial charge in [0.05, 0.1) is 65.3 Å². The van der Waals surface area contributed by atoms with E-state index in [9.17, 15) is 0 Å². The Bertz CT molecular complexity index is 6930. The average molecular weight is 2190 g/mol. The second-order valence-electron chi connectivity index (χ2n) is 32.6. The minimum Gasteiger partial charge on any atom is -0.540 e. The fraction of sp³-hybridized carbons (Fsp3) is 0.128. The zero-order chi connectivity index (χ0) is 95.2. The van der Waals surface area contributed by atoms with Gasteiger partial charge >= 0.3 is 0 Å². The number of aromatic nitrogens is 7. The zero-order valence-electron chi connectivity index (χ0n) is 78.2. The number of hydrogen-bond donors (Lipinski definition) is 4. The van der Waals surface area contributed by atoms with E-state index in [1.54, 1.807) is 53.3 Å². The van der Waals surface area contributed by atoms with Gasteiger partial charge in [-0.25, -0.2) is 0 Å². The first kappa shape index (κ1) is 103. The molecule has 21 heteroatoms. The molecule has 4 N–H and O–H groups in total. The molecule has 0 aliphatic carbocycles. The fourth-order valence-electron chi connectivity index (χ4n) is 16.1. The maximum Gasteiger partial charge on any atom is 0.265 e. The molecule has 4 unspecified atom stereocenters. The summed E-state index contributed by atoms with van der Waals surface area (Å²) in [4.78, 5) is 24.4. The largest absolute Gasteiger partial charge is 0.540 e. The molecule has 0 aliphatic rings. The van der Waals surface area contributed by atoms with Crippen LogP contribution in [0.5, 0.6) is 5.75 Å². The zero-order valence-corrected chi connectivity index (χ0v) is 84.0. The van der Waals surface area contributed by atoms with Crippen molar-refractivity contribution < 1.29 is 69.8 Å². The fourth-order valence-corrected chi connectivity index (χ4v) is 16.1. The summed E-state index contributed by atoms with van der Waals surface area (Å²) in [6.45, 7) is 14.4. The molecule has 138 heavy (non-hydrogen) atoms. The Morgan fingerprint density at radius 2 is 0.703 bits per heavy atom. The molecule has 0 saturated heterocycles. The molecule has 20 rings (SSSR count). The van der Waals surface area contributed by atoms with Crippen LogP contribution in [0.1, 0.15) is 63.3 Å². The molecule has 4 aromatic heterocycles. The molecule has 4 radical (unpaired) electrons. The molecule has 694 valence electrons. The number of para-hydroxylation sites is 5. The van der Waals surface area contributed by atoms with Crippen LogP contribution in [0.15, 0.2) is 416 Å². The van der Waals surface area contributed by atoms with Crippen molar-refractivity contribution in [3.05, 3.63) is 442 Å². The number of nitrogens with zero attached hydrogens (tertiary/aromatic N) is 11. The topological polar surface area (TPSA) is 208 Å². The average Bonchev–Trinajstić information content (AvgIpc) is 1.62. The standard InChI is InChI=1S/C44H32N2.C38H26N4O.C13H13N2O.C12H11N2.2C5H12O2.BHNP.2Ir/c1-3-17-37(18-4-1)45(43-23-11-15-35-13-7-9-21-41(35)43)39-29-25-33(26-30-39)34-27-31-40(32-28-34)46(38-19-5-2-6-20-38)44-24-12-16-36-14-8-10-22-42(36)44;1-3-11-27(12-4-1)37-39-40-38(43-37)28-19-21-30(22-20-28)41(29-13-5-2-6-14-29)31-23-25-32(26-24-31)42-35-17-9-7-15-33(35)34-16-8-10-18-36(34)42;1-9-8-14-13(10(2)15-9)11-4-6-12(16-3)7-5-11;1-9-8-13-12(10(2)14-9)11-6-4-3-5-7-11;2*1-4(6)3-5(2)7;1-2-3;;/h1-32H;1-26H;4,6-8H,1-3H3;3-6,8H,1-2H3;2*4-7H,3H2,1-2H3;3H;;/q;;2*-1;;;;;. The van der Waals surface area contributed by atoms with Gasteiger partial charge < -0.3 is 63.5 Å². The number of aliphatic hydroxyl groups is 4. The van der Waals surface area contributed by atoms with Crippen molar-refractivity contribution in [3.63, 3.8) is 0 Å². The van der Waals surface area contributed by atoms with Gasteiger partial charge in [0.15, 0.2) is 0 Å². The SMILES string of the molecule is CC(O)CC(C)O.CC(O)CC(C)O.COc1c[c-]c(-c2ncc(C)nc2C)cc1.Cc1cnc(-c2[c-]cccc2)c(C)n1.[B]N=P.[Ir].[Ir].c1ccc(-c2nnc(-c3ccc(N(c4ccccc4)c4ccc(-n5c6ccccc6c6ccccc65)cc4)cc3)o2)cc1.c1ccc(N(c2ccc(-c3ccc(N(c4ccccc4)c4cccc5ccccc45)cc3)cc2)c2cccc3ccccc23)cc1. The molecular weight excluding hydrogens is 2080 g/mol. The van der Waals surface area contributed by atoms with E-state index in [0.717, 1.165) is 119 Å². The molecule has 4 atom stereocenters. The molecule has 17 nitrogen and oxygen atoms in total. The molecule has 0 aliphatic heterocycles. The van der Waals surface area contributed by atoms with Crippen molar-refractivity contribution in [2.24, 2.45) is 4.66 Å². The third-order valence-corrected chi connectivity index (χ3v) is 22.1. The van der Waals surface area contributed by atoms with E-state index < -0.39 is 0 Å². The van der Waals surface area contributed by atoms with Gasteiger partial charge in [-0.3, -0.25) is 9.97 Å². The predicted molar refractivity (Wildman–Crippen MR) is 561 cm³/mol. The van der Waals surface area contributed by atoms with Crippen molar-refractivity contribution >= 4 is 112 Å². The second-order valence-corrected chi connectivity index (χ2v) is 32.9. The molecular formula is C117H107BIr2N11O6P-2. The van der Waals surface area contributed by atoms with Gasteiger partial charge in [-0.15, -0.1) is 75.9 Å². The van der Waals surface area contributed by atoms with E-state index in [2.05, 4.69) is 387 Å². The number of rotatable bonds is 20. The monoisotopic (exact) mass is 2190 g/mol. The van der Waals surface area contributed by atoms with Crippen LogP contribution >= 0.6 is 9.03 Å².